The van der Waals surface area contributed by atoms with Crippen LogP contribution in [0.2, 0.25) is 0 Å². The van der Waals surface area contributed by atoms with E-state index in [2.05, 4.69) is 0 Å². The van der Waals surface area contributed by atoms with Crippen LogP contribution in [0.3, 0.4) is 0 Å². The molecule has 0 atom stereocenters. The second-order valence-electron chi connectivity index (χ2n) is 5.86. The molecule has 2 aromatic carbocycles. The molecule has 0 bridgehead atoms. The van der Waals surface area contributed by atoms with Gasteiger partial charge in [-0.25, -0.2) is 0 Å². The highest BCUT2D eigenvalue weighted by Gasteiger charge is 2.16. The van der Waals surface area contributed by atoms with E-state index in [1.165, 1.54) is 0 Å². The highest BCUT2D eigenvalue weighted by molar-refractivity contribution is 6.10. The number of aryl methyl sites for hydroxylation is 1. The zero-order chi connectivity index (χ0) is 18.0. The SMILES string of the molecule is CCC(=O)c1cc(C)nc2c(-c3ccc(OC)cc3OC)cccc12. The number of ether oxygens (including phenoxy) is 2. The third-order valence-electron chi connectivity index (χ3n) is 4.29. The first-order valence-corrected chi connectivity index (χ1v) is 8.25. The molecule has 4 nitrogen and oxygen atoms in total. The summed E-state index contributed by atoms with van der Waals surface area (Å²) >= 11 is 0. The molecule has 0 spiro atoms. The summed E-state index contributed by atoms with van der Waals surface area (Å²) in [7, 11) is 3.26. The molecule has 3 rings (SSSR count). The van der Waals surface area contributed by atoms with Crippen LogP contribution in [0.25, 0.3) is 22.0 Å². The normalized spacial score (nSPS) is 10.7. The van der Waals surface area contributed by atoms with E-state index >= 15 is 0 Å². The molecule has 0 amide bonds. The standard InChI is InChI=1S/C21H21NO3/c1-5-19(23)18-11-13(2)22-21-16(7-6-8-17(18)21)15-10-9-14(24-3)12-20(15)25-4/h6-12H,5H2,1-4H3. The third-order valence-corrected chi connectivity index (χ3v) is 4.29. The topological polar surface area (TPSA) is 48.4 Å². The number of hydrogen-bond donors (Lipinski definition) is 0. The molecule has 1 heterocycles. The molecule has 25 heavy (non-hydrogen) atoms. The minimum Gasteiger partial charge on any atom is -0.497 e. The summed E-state index contributed by atoms with van der Waals surface area (Å²) in [6.07, 6.45) is 0.467. The van der Waals surface area contributed by atoms with Crippen LogP contribution in [0.15, 0.2) is 42.5 Å². The van der Waals surface area contributed by atoms with Gasteiger partial charge in [-0.1, -0.05) is 25.1 Å². The van der Waals surface area contributed by atoms with Crippen LogP contribution in [0, 0.1) is 6.92 Å². The van der Waals surface area contributed by atoms with Crippen molar-refractivity contribution in [1.82, 2.24) is 4.98 Å². The van der Waals surface area contributed by atoms with Gasteiger partial charge in [0, 0.05) is 40.3 Å². The van der Waals surface area contributed by atoms with Crippen molar-refractivity contribution in [2.24, 2.45) is 0 Å². The summed E-state index contributed by atoms with van der Waals surface area (Å²) in [5.41, 5.74) is 4.21. The number of carbonyl (C=O) groups excluding carboxylic acids is 1. The smallest absolute Gasteiger partial charge is 0.163 e. The van der Waals surface area contributed by atoms with E-state index in [1.54, 1.807) is 14.2 Å². The van der Waals surface area contributed by atoms with Gasteiger partial charge in [-0.05, 0) is 25.1 Å². The first-order valence-electron chi connectivity index (χ1n) is 8.25. The molecule has 0 aliphatic heterocycles. The Bertz CT molecular complexity index is 947. The number of para-hydroxylation sites is 1. The predicted octanol–water partition coefficient (Wildman–Crippen LogP) is 4.82. The monoisotopic (exact) mass is 335 g/mol. The molecule has 0 N–H and O–H groups in total. The zero-order valence-electron chi connectivity index (χ0n) is 14.9. The lowest BCUT2D eigenvalue weighted by atomic mass is 9.96. The van der Waals surface area contributed by atoms with Crippen molar-refractivity contribution in [1.29, 1.82) is 0 Å². The minimum absolute atomic E-state index is 0.120. The van der Waals surface area contributed by atoms with Gasteiger partial charge in [-0.3, -0.25) is 9.78 Å². The Hall–Kier alpha value is -2.88. The molecular formula is C21H21NO3. The Labute approximate surface area is 147 Å². The summed E-state index contributed by atoms with van der Waals surface area (Å²) < 4.78 is 10.8. The quantitative estimate of drug-likeness (QED) is 0.627. The number of Topliss-reactive ketones (excluding diaryl/α,β-unsaturated/α-hetero) is 1. The van der Waals surface area contributed by atoms with Gasteiger partial charge in [-0.2, -0.15) is 0 Å². The van der Waals surface area contributed by atoms with Crippen molar-refractivity contribution >= 4 is 16.7 Å². The van der Waals surface area contributed by atoms with E-state index in [-0.39, 0.29) is 5.78 Å². The van der Waals surface area contributed by atoms with Gasteiger partial charge in [0.2, 0.25) is 0 Å². The summed E-state index contributed by atoms with van der Waals surface area (Å²) in [6, 6.07) is 13.5. The van der Waals surface area contributed by atoms with Crippen molar-refractivity contribution < 1.29 is 14.3 Å². The van der Waals surface area contributed by atoms with Gasteiger partial charge in [0.25, 0.3) is 0 Å². The molecular weight excluding hydrogens is 314 g/mol. The predicted molar refractivity (Wildman–Crippen MR) is 99.6 cm³/mol. The fourth-order valence-corrected chi connectivity index (χ4v) is 3.04. The maximum Gasteiger partial charge on any atom is 0.163 e. The molecule has 0 aliphatic carbocycles. The van der Waals surface area contributed by atoms with Gasteiger partial charge in [0.1, 0.15) is 11.5 Å². The second-order valence-corrected chi connectivity index (χ2v) is 5.86. The van der Waals surface area contributed by atoms with Crippen LogP contribution in [-0.4, -0.2) is 25.0 Å². The molecule has 0 fully saturated rings. The maximum absolute atomic E-state index is 12.4. The average Bonchev–Trinajstić information content (AvgIpc) is 2.65. The summed E-state index contributed by atoms with van der Waals surface area (Å²) in [6.45, 7) is 3.79. The van der Waals surface area contributed by atoms with E-state index in [9.17, 15) is 4.79 Å². The Kier molecular flexibility index (Phi) is 4.70. The van der Waals surface area contributed by atoms with E-state index in [0.29, 0.717) is 12.2 Å². The second kappa shape index (κ2) is 6.93. The minimum atomic E-state index is 0.120. The number of aromatic nitrogens is 1. The Balaban J connectivity index is 2.31. The van der Waals surface area contributed by atoms with Crippen LogP contribution < -0.4 is 9.47 Å². The summed E-state index contributed by atoms with van der Waals surface area (Å²) in [4.78, 5) is 17.1. The lowest BCUT2D eigenvalue weighted by molar-refractivity contribution is 0.0989. The van der Waals surface area contributed by atoms with E-state index in [1.807, 2.05) is 56.3 Å². The van der Waals surface area contributed by atoms with Crippen LogP contribution in [0.5, 0.6) is 11.5 Å². The van der Waals surface area contributed by atoms with Crippen molar-refractivity contribution in [2.45, 2.75) is 20.3 Å². The number of methoxy groups -OCH3 is 2. The number of fused-ring (bicyclic) bond motifs is 1. The molecule has 0 aliphatic rings. The third kappa shape index (κ3) is 3.07. The number of benzene rings is 2. The van der Waals surface area contributed by atoms with E-state index in [0.717, 1.165) is 39.0 Å². The average molecular weight is 335 g/mol. The van der Waals surface area contributed by atoms with Gasteiger partial charge in [0.15, 0.2) is 5.78 Å². The summed E-state index contributed by atoms with van der Waals surface area (Å²) in [5.74, 6) is 1.56. The van der Waals surface area contributed by atoms with Gasteiger partial charge < -0.3 is 9.47 Å². The van der Waals surface area contributed by atoms with Crippen LogP contribution >= 0.6 is 0 Å². The van der Waals surface area contributed by atoms with Crippen LogP contribution in [0.1, 0.15) is 29.4 Å². The molecule has 3 aromatic rings. The fourth-order valence-electron chi connectivity index (χ4n) is 3.04. The number of nitrogens with zero attached hydrogens (tertiary/aromatic N) is 1. The zero-order valence-corrected chi connectivity index (χ0v) is 14.9. The number of hydrogen-bond acceptors (Lipinski definition) is 4. The maximum atomic E-state index is 12.4. The van der Waals surface area contributed by atoms with E-state index in [4.69, 9.17) is 14.5 Å². The van der Waals surface area contributed by atoms with Crippen LogP contribution in [-0.2, 0) is 0 Å². The lowest BCUT2D eigenvalue weighted by Crippen LogP contribution is -2.01. The molecule has 0 unspecified atom stereocenters. The molecule has 1 aromatic heterocycles. The summed E-state index contributed by atoms with van der Waals surface area (Å²) in [5, 5.41) is 0.868. The number of ketones is 1. The highest BCUT2D eigenvalue weighted by atomic mass is 16.5. The number of pyridine rings is 1. The Morgan fingerprint density at radius 1 is 1.04 bits per heavy atom. The van der Waals surface area contributed by atoms with Crippen LogP contribution in [0.4, 0.5) is 0 Å². The molecule has 128 valence electrons. The van der Waals surface area contributed by atoms with Crippen molar-refractivity contribution in [3.63, 3.8) is 0 Å². The Morgan fingerprint density at radius 2 is 1.84 bits per heavy atom. The van der Waals surface area contributed by atoms with Gasteiger partial charge in [-0.15, -0.1) is 0 Å². The van der Waals surface area contributed by atoms with Crippen molar-refractivity contribution in [3.05, 3.63) is 53.7 Å². The first kappa shape index (κ1) is 17.0. The van der Waals surface area contributed by atoms with Crippen molar-refractivity contribution in [2.75, 3.05) is 14.2 Å². The number of rotatable bonds is 5. The van der Waals surface area contributed by atoms with Gasteiger partial charge in [0.05, 0.1) is 19.7 Å². The molecule has 0 saturated heterocycles. The lowest BCUT2D eigenvalue weighted by Gasteiger charge is -2.14. The fraction of sp³-hybridized carbons (Fsp3) is 0.238. The van der Waals surface area contributed by atoms with E-state index < -0.39 is 0 Å². The Morgan fingerprint density at radius 3 is 2.52 bits per heavy atom. The van der Waals surface area contributed by atoms with Gasteiger partial charge >= 0.3 is 0 Å². The number of carbonyl (C=O) groups is 1. The molecule has 0 radical (unpaired) electrons. The van der Waals surface area contributed by atoms with Crippen molar-refractivity contribution in [3.8, 4) is 22.6 Å². The molecule has 4 heteroatoms. The first-order chi connectivity index (χ1) is 12.1. The largest absolute Gasteiger partial charge is 0.497 e. The highest BCUT2D eigenvalue weighted by Crippen LogP contribution is 2.37. The molecule has 0 saturated carbocycles.